The zero-order valence-corrected chi connectivity index (χ0v) is 20.4. The molecule has 0 radical (unpaired) electrons. The fourth-order valence-electron chi connectivity index (χ4n) is 4.23. The van der Waals surface area contributed by atoms with Gasteiger partial charge >= 0.3 is 11.9 Å². The Morgan fingerprint density at radius 3 is 2.39 bits per heavy atom. The average molecular weight is 531 g/mol. The minimum absolute atomic E-state index is 0.0180. The number of carbonyl (C=O) groups excluding carboxylic acids is 3. The van der Waals surface area contributed by atoms with E-state index in [2.05, 4.69) is 20.6 Å². The van der Waals surface area contributed by atoms with E-state index in [9.17, 15) is 39.3 Å². The monoisotopic (exact) mass is 530 g/mol. The first kappa shape index (κ1) is 28.1. The summed E-state index contributed by atoms with van der Waals surface area (Å²) in [6.45, 7) is 0.261. The van der Waals surface area contributed by atoms with Gasteiger partial charge in [-0.1, -0.05) is 12.1 Å². The highest BCUT2D eigenvalue weighted by atomic mass is 16.4. The second-order valence-corrected chi connectivity index (χ2v) is 9.01. The Bertz CT molecular complexity index is 1150. The SMILES string of the molecule is NC(Cc1cnc[nH]1)C(=O)N1CCCC1C(=O)NC(CC(=O)O)C(=O)NC(Cc1ccc(O)cc1)C(=O)O. The lowest BCUT2D eigenvalue weighted by Crippen LogP contribution is -2.57. The highest BCUT2D eigenvalue weighted by Gasteiger charge is 2.38. The van der Waals surface area contributed by atoms with Crippen molar-refractivity contribution in [3.05, 3.63) is 48.0 Å². The van der Waals surface area contributed by atoms with Gasteiger partial charge in [-0.05, 0) is 30.5 Å². The molecule has 1 saturated heterocycles. The van der Waals surface area contributed by atoms with E-state index in [1.165, 1.54) is 41.7 Å². The van der Waals surface area contributed by atoms with Gasteiger partial charge in [0.05, 0.1) is 18.8 Å². The van der Waals surface area contributed by atoms with E-state index in [-0.39, 0.29) is 31.6 Å². The molecule has 204 valence electrons. The summed E-state index contributed by atoms with van der Waals surface area (Å²) in [6, 6.07) is 0.763. The number of aromatic nitrogens is 2. The molecule has 4 unspecified atom stereocenters. The first-order valence-corrected chi connectivity index (χ1v) is 11.9. The molecule has 0 spiro atoms. The molecule has 2 heterocycles. The molecule has 1 aromatic carbocycles. The fraction of sp³-hybridized carbons (Fsp3) is 0.417. The van der Waals surface area contributed by atoms with Gasteiger partial charge in [-0.25, -0.2) is 9.78 Å². The molecule has 3 amide bonds. The summed E-state index contributed by atoms with van der Waals surface area (Å²) in [5.41, 5.74) is 7.18. The molecule has 1 fully saturated rings. The van der Waals surface area contributed by atoms with E-state index in [0.717, 1.165) is 0 Å². The predicted molar refractivity (Wildman–Crippen MR) is 131 cm³/mol. The number of imidazole rings is 1. The van der Waals surface area contributed by atoms with Crippen molar-refractivity contribution in [2.75, 3.05) is 6.54 Å². The van der Waals surface area contributed by atoms with E-state index in [0.29, 0.717) is 17.7 Å². The Hall–Kier alpha value is -4.46. The summed E-state index contributed by atoms with van der Waals surface area (Å²) in [7, 11) is 0. The number of H-pyrrole nitrogens is 1. The second kappa shape index (κ2) is 12.7. The summed E-state index contributed by atoms with van der Waals surface area (Å²) in [6.07, 6.45) is 3.00. The van der Waals surface area contributed by atoms with Gasteiger partial charge in [0.25, 0.3) is 0 Å². The smallest absolute Gasteiger partial charge is 0.326 e. The fourth-order valence-corrected chi connectivity index (χ4v) is 4.23. The third-order valence-corrected chi connectivity index (χ3v) is 6.15. The van der Waals surface area contributed by atoms with Crippen LogP contribution >= 0.6 is 0 Å². The van der Waals surface area contributed by atoms with E-state index in [1.54, 1.807) is 0 Å². The summed E-state index contributed by atoms with van der Waals surface area (Å²) in [5, 5.41) is 32.9. The number of carboxylic acids is 2. The highest BCUT2D eigenvalue weighted by Crippen LogP contribution is 2.19. The number of amides is 3. The van der Waals surface area contributed by atoms with E-state index in [1.807, 2.05) is 0 Å². The Balaban J connectivity index is 1.67. The summed E-state index contributed by atoms with van der Waals surface area (Å²) < 4.78 is 0. The lowest BCUT2D eigenvalue weighted by Gasteiger charge is -2.28. The molecular formula is C24H30N6O8. The van der Waals surface area contributed by atoms with Crippen molar-refractivity contribution in [3.63, 3.8) is 0 Å². The molecule has 1 aliphatic heterocycles. The Labute approximate surface area is 217 Å². The highest BCUT2D eigenvalue weighted by molar-refractivity contribution is 5.96. The number of nitrogens with two attached hydrogens (primary N) is 1. The van der Waals surface area contributed by atoms with Crippen molar-refractivity contribution < 1.29 is 39.3 Å². The number of nitrogens with zero attached hydrogens (tertiary/aromatic N) is 2. The zero-order chi connectivity index (χ0) is 27.8. The van der Waals surface area contributed by atoms with Crippen LogP contribution in [-0.2, 0) is 36.8 Å². The number of benzene rings is 1. The molecule has 0 saturated carbocycles. The van der Waals surface area contributed by atoms with Crippen molar-refractivity contribution in [2.45, 2.75) is 56.3 Å². The maximum Gasteiger partial charge on any atom is 0.326 e. The van der Waals surface area contributed by atoms with Gasteiger partial charge in [-0.2, -0.15) is 0 Å². The zero-order valence-electron chi connectivity index (χ0n) is 20.4. The number of nitrogens with one attached hydrogen (secondary N) is 3. The average Bonchev–Trinajstić information content (AvgIpc) is 3.56. The number of hydrogen-bond acceptors (Lipinski definition) is 8. The number of likely N-dealkylation sites (tertiary alicyclic amines) is 1. The molecule has 8 N–H and O–H groups in total. The molecule has 0 aliphatic carbocycles. The van der Waals surface area contributed by atoms with Gasteiger partial charge in [0.1, 0.15) is 23.9 Å². The van der Waals surface area contributed by atoms with Crippen molar-refractivity contribution in [1.29, 1.82) is 0 Å². The van der Waals surface area contributed by atoms with Gasteiger partial charge in [0, 0.05) is 31.3 Å². The number of aliphatic carboxylic acids is 2. The molecule has 38 heavy (non-hydrogen) atoms. The third-order valence-electron chi connectivity index (χ3n) is 6.15. The van der Waals surface area contributed by atoms with Crippen LogP contribution in [-0.4, -0.2) is 90.6 Å². The maximum atomic E-state index is 13.1. The molecule has 14 heteroatoms. The van der Waals surface area contributed by atoms with Gasteiger partial charge < -0.3 is 41.6 Å². The van der Waals surface area contributed by atoms with Gasteiger partial charge in [-0.15, -0.1) is 0 Å². The lowest BCUT2D eigenvalue weighted by molar-refractivity contribution is -0.144. The van der Waals surface area contributed by atoms with Crippen LogP contribution in [0.25, 0.3) is 0 Å². The van der Waals surface area contributed by atoms with Crippen molar-refractivity contribution in [1.82, 2.24) is 25.5 Å². The van der Waals surface area contributed by atoms with Crippen molar-refractivity contribution >= 4 is 29.7 Å². The third kappa shape index (κ3) is 7.52. The predicted octanol–water partition coefficient (Wildman–Crippen LogP) is -1.25. The van der Waals surface area contributed by atoms with Crippen LogP contribution in [0.2, 0.25) is 0 Å². The maximum absolute atomic E-state index is 13.1. The standard InChI is InChI=1S/C24H30N6O8/c25-16(9-14-11-26-12-27-14)23(36)30-7-1-2-19(30)22(35)28-17(10-20(32)33)21(34)29-18(24(37)38)8-13-3-5-15(31)6-4-13/h3-6,11-12,16-19,31H,1-2,7-10,25H2,(H,26,27)(H,28,35)(H,29,34)(H,32,33)(H,37,38). The number of aromatic amines is 1. The Morgan fingerprint density at radius 2 is 1.79 bits per heavy atom. The molecule has 2 aromatic rings. The molecule has 1 aliphatic rings. The number of phenolic OH excluding ortho intramolecular Hbond substituents is 1. The largest absolute Gasteiger partial charge is 0.508 e. The van der Waals surface area contributed by atoms with Crippen LogP contribution in [0.4, 0.5) is 0 Å². The van der Waals surface area contributed by atoms with Crippen LogP contribution in [0.5, 0.6) is 5.75 Å². The minimum atomic E-state index is -1.59. The van der Waals surface area contributed by atoms with Crippen molar-refractivity contribution in [3.8, 4) is 5.75 Å². The Kier molecular flexibility index (Phi) is 9.38. The summed E-state index contributed by atoms with van der Waals surface area (Å²) in [5.74, 6) is -5.00. The van der Waals surface area contributed by atoms with E-state index < -0.39 is 60.2 Å². The molecule has 4 atom stereocenters. The first-order valence-electron chi connectivity index (χ1n) is 11.9. The summed E-state index contributed by atoms with van der Waals surface area (Å²) in [4.78, 5) is 70.1. The molecule has 0 bridgehead atoms. The minimum Gasteiger partial charge on any atom is -0.508 e. The topological polar surface area (TPSA) is 228 Å². The molecule has 1 aromatic heterocycles. The number of hydrogen-bond donors (Lipinski definition) is 7. The van der Waals surface area contributed by atoms with E-state index in [4.69, 9.17) is 5.73 Å². The Morgan fingerprint density at radius 1 is 1.08 bits per heavy atom. The normalized spacial score (nSPS) is 17.3. The second-order valence-electron chi connectivity index (χ2n) is 9.01. The van der Waals surface area contributed by atoms with E-state index >= 15 is 0 Å². The quantitative estimate of drug-likeness (QED) is 0.172. The van der Waals surface area contributed by atoms with Crippen LogP contribution in [0.15, 0.2) is 36.8 Å². The van der Waals surface area contributed by atoms with Gasteiger partial charge in [0.15, 0.2) is 0 Å². The first-order chi connectivity index (χ1) is 18.0. The number of rotatable bonds is 12. The van der Waals surface area contributed by atoms with Crippen LogP contribution in [0.3, 0.4) is 0 Å². The van der Waals surface area contributed by atoms with Crippen molar-refractivity contribution in [2.24, 2.45) is 5.73 Å². The molecule has 3 rings (SSSR count). The van der Waals surface area contributed by atoms with Crippen LogP contribution in [0, 0.1) is 0 Å². The van der Waals surface area contributed by atoms with Crippen LogP contribution in [0.1, 0.15) is 30.5 Å². The number of phenols is 1. The number of carboxylic acid groups (broad SMARTS) is 2. The van der Waals surface area contributed by atoms with Gasteiger partial charge in [-0.3, -0.25) is 19.2 Å². The number of aromatic hydroxyl groups is 1. The summed E-state index contributed by atoms with van der Waals surface area (Å²) >= 11 is 0. The van der Waals surface area contributed by atoms with Gasteiger partial charge in [0.2, 0.25) is 17.7 Å². The molecule has 14 nitrogen and oxygen atoms in total. The van der Waals surface area contributed by atoms with Crippen LogP contribution < -0.4 is 16.4 Å². The number of carbonyl (C=O) groups is 5. The lowest BCUT2D eigenvalue weighted by atomic mass is 10.0. The molecular weight excluding hydrogens is 500 g/mol.